The molecule has 0 heterocycles. The van der Waals surface area contributed by atoms with Gasteiger partial charge in [-0.2, -0.15) is 0 Å². The van der Waals surface area contributed by atoms with Gasteiger partial charge in [0, 0.05) is 4.47 Å². The minimum absolute atomic E-state index is 0.424. The summed E-state index contributed by atoms with van der Waals surface area (Å²) in [5.74, 6) is -0.615. The van der Waals surface area contributed by atoms with Crippen LogP contribution in [0.25, 0.3) is 0 Å². The zero-order chi connectivity index (χ0) is 11.6. The molecule has 0 saturated heterocycles. The molecule has 1 aliphatic carbocycles. The van der Waals surface area contributed by atoms with Crippen molar-refractivity contribution < 1.29 is 9.90 Å². The Kier molecular flexibility index (Phi) is 3.33. The number of hydrogen-bond acceptors (Lipinski definition) is 1. The Bertz CT molecular complexity index is 379. The standard InChI is InChI=1S/C13H15BrO2/c14-11-4-2-10(3-5-11)6-9-13(12(15)16)7-1-8-13/h2-5H,1,6-9H2,(H,15,16). The zero-order valence-electron chi connectivity index (χ0n) is 9.08. The van der Waals surface area contributed by atoms with Gasteiger partial charge >= 0.3 is 5.97 Å². The molecule has 1 aliphatic rings. The molecular weight excluding hydrogens is 268 g/mol. The number of carboxylic acids is 1. The smallest absolute Gasteiger partial charge is 0.309 e. The highest BCUT2D eigenvalue weighted by atomic mass is 79.9. The van der Waals surface area contributed by atoms with E-state index in [1.54, 1.807) is 0 Å². The van der Waals surface area contributed by atoms with Crippen molar-refractivity contribution >= 4 is 21.9 Å². The Morgan fingerprint density at radius 2 is 1.94 bits per heavy atom. The fourth-order valence-electron chi connectivity index (χ4n) is 2.21. The van der Waals surface area contributed by atoms with E-state index in [0.29, 0.717) is 0 Å². The van der Waals surface area contributed by atoms with Crippen molar-refractivity contribution in [1.82, 2.24) is 0 Å². The third kappa shape index (κ3) is 2.29. The Balaban J connectivity index is 1.96. The Labute approximate surface area is 104 Å². The molecular formula is C13H15BrO2. The average Bonchev–Trinajstić information content (AvgIpc) is 2.18. The van der Waals surface area contributed by atoms with Crippen LogP contribution in [0.4, 0.5) is 0 Å². The second-order valence-electron chi connectivity index (χ2n) is 4.57. The number of halogens is 1. The van der Waals surface area contributed by atoms with E-state index in [1.807, 2.05) is 12.1 Å². The van der Waals surface area contributed by atoms with E-state index in [1.165, 1.54) is 5.56 Å². The quantitative estimate of drug-likeness (QED) is 0.916. The summed E-state index contributed by atoms with van der Waals surface area (Å²) in [6.45, 7) is 0. The minimum atomic E-state index is -0.615. The summed E-state index contributed by atoms with van der Waals surface area (Å²) in [5.41, 5.74) is 0.795. The van der Waals surface area contributed by atoms with Gasteiger partial charge in [-0.1, -0.05) is 34.5 Å². The third-order valence-electron chi connectivity index (χ3n) is 3.57. The van der Waals surface area contributed by atoms with Crippen LogP contribution in [-0.2, 0) is 11.2 Å². The number of benzene rings is 1. The van der Waals surface area contributed by atoms with E-state index in [-0.39, 0.29) is 0 Å². The minimum Gasteiger partial charge on any atom is -0.481 e. The number of aryl methyl sites for hydroxylation is 1. The van der Waals surface area contributed by atoms with Gasteiger partial charge in [-0.15, -0.1) is 0 Å². The molecule has 0 unspecified atom stereocenters. The first kappa shape index (κ1) is 11.6. The molecule has 0 spiro atoms. The van der Waals surface area contributed by atoms with Crippen LogP contribution in [0.5, 0.6) is 0 Å². The molecule has 1 saturated carbocycles. The van der Waals surface area contributed by atoms with Crippen molar-refractivity contribution in [3.8, 4) is 0 Å². The molecule has 0 amide bonds. The molecule has 0 aliphatic heterocycles. The summed E-state index contributed by atoms with van der Waals surface area (Å²) in [6, 6.07) is 8.11. The van der Waals surface area contributed by atoms with Crippen molar-refractivity contribution in [3.63, 3.8) is 0 Å². The third-order valence-corrected chi connectivity index (χ3v) is 4.10. The van der Waals surface area contributed by atoms with Crippen LogP contribution in [0.2, 0.25) is 0 Å². The van der Waals surface area contributed by atoms with Crippen LogP contribution in [0.3, 0.4) is 0 Å². The molecule has 2 rings (SSSR count). The van der Waals surface area contributed by atoms with Crippen LogP contribution in [0.15, 0.2) is 28.7 Å². The molecule has 86 valence electrons. The lowest BCUT2D eigenvalue weighted by Crippen LogP contribution is -2.38. The van der Waals surface area contributed by atoms with E-state index >= 15 is 0 Å². The Hall–Kier alpha value is -0.830. The Morgan fingerprint density at radius 1 is 1.31 bits per heavy atom. The molecule has 1 N–H and O–H groups in total. The van der Waals surface area contributed by atoms with Crippen LogP contribution >= 0.6 is 15.9 Å². The number of aliphatic carboxylic acids is 1. The SMILES string of the molecule is O=C(O)C1(CCc2ccc(Br)cc2)CCC1. The zero-order valence-corrected chi connectivity index (χ0v) is 10.7. The van der Waals surface area contributed by atoms with Crippen molar-refractivity contribution in [2.75, 3.05) is 0 Å². The first-order chi connectivity index (χ1) is 7.62. The first-order valence-electron chi connectivity index (χ1n) is 5.60. The summed E-state index contributed by atoms with van der Waals surface area (Å²) in [7, 11) is 0. The van der Waals surface area contributed by atoms with Crippen LogP contribution < -0.4 is 0 Å². The average molecular weight is 283 g/mol. The molecule has 1 aromatic rings. The summed E-state index contributed by atoms with van der Waals surface area (Å²) in [6.07, 6.45) is 4.38. The molecule has 16 heavy (non-hydrogen) atoms. The van der Waals surface area contributed by atoms with E-state index in [0.717, 1.165) is 36.6 Å². The van der Waals surface area contributed by atoms with Crippen molar-refractivity contribution in [3.05, 3.63) is 34.3 Å². The molecule has 3 heteroatoms. The molecule has 1 aromatic carbocycles. The first-order valence-corrected chi connectivity index (χ1v) is 6.40. The van der Waals surface area contributed by atoms with Gasteiger partial charge in [0.1, 0.15) is 0 Å². The predicted molar refractivity (Wildman–Crippen MR) is 66.4 cm³/mol. The second kappa shape index (κ2) is 4.58. The summed E-state index contributed by atoms with van der Waals surface area (Å²) < 4.78 is 1.06. The van der Waals surface area contributed by atoms with Gasteiger partial charge in [0.2, 0.25) is 0 Å². The lowest BCUT2D eigenvalue weighted by atomic mass is 9.66. The van der Waals surface area contributed by atoms with Crippen LogP contribution in [0, 0.1) is 5.41 Å². The summed E-state index contributed by atoms with van der Waals surface area (Å²) in [5, 5.41) is 9.20. The largest absolute Gasteiger partial charge is 0.481 e. The highest BCUT2D eigenvalue weighted by Gasteiger charge is 2.43. The fourth-order valence-corrected chi connectivity index (χ4v) is 2.47. The van der Waals surface area contributed by atoms with Crippen LogP contribution in [0.1, 0.15) is 31.2 Å². The van der Waals surface area contributed by atoms with Gasteiger partial charge in [0.25, 0.3) is 0 Å². The predicted octanol–water partition coefficient (Wildman–Crippen LogP) is 3.64. The van der Waals surface area contributed by atoms with Gasteiger partial charge < -0.3 is 5.11 Å². The molecule has 0 aromatic heterocycles. The van der Waals surface area contributed by atoms with Gasteiger partial charge in [-0.05, 0) is 43.4 Å². The maximum Gasteiger partial charge on any atom is 0.309 e. The molecule has 0 bridgehead atoms. The number of carboxylic acid groups (broad SMARTS) is 1. The monoisotopic (exact) mass is 282 g/mol. The highest BCUT2D eigenvalue weighted by Crippen LogP contribution is 2.44. The number of carbonyl (C=O) groups is 1. The van der Waals surface area contributed by atoms with Gasteiger partial charge in [0.05, 0.1) is 5.41 Å². The van der Waals surface area contributed by atoms with E-state index in [9.17, 15) is 9.90 Å². The van der Waals surface area contributed by atoms with Crippen molar-refractivity contribution in [2.24, 2.45) is 5.41 Å². The molecule has 2 nitrogen and oxygen atoms in total. The van der Waals surface area contributed by atoms with E-state index in [4.69, 9.17) is 0 Å². The van der Waals surface area contributed by atoms with Gasteiger partial charge in [0.15, 0.2) is 0 Å². The second-order valence-corrected chi connectivity index (χ2v) is 5.48. The van der Waals surface area contributed by atoms with Crippen molar-refractivity contribution in [2.45, 2.75) is 32.1 Å². The summed E-state index contributed by atoms with van der Waals surface area (Å²) >= 11 is 3.39. The van der Waals surface area contributed by atoms with Gasteiger partial charge in [-0.25, -0.2) is 0 Å². The summed E-state index contributed by atoms with van der Waals surface area (Å²) in [4.78, 5) is 11.2. The van der Waals surface area contributed by atoms with E-state index < -0.39 is 11.4 Å². The maximum atomic E-state index is 11.2. The lowest BCUT2D eigenvalue weighted by Gasteiger charge is -2.37. The Morgan fingerprint density at radius 3 is 2.38 bits per heavy atom. The lowest BCUT2D eigenvalue weighted by molar-refractivity contribution is -0.155. The van der Waals surface area contributed by atoms with Crippen molar-refractivity contribution in [1.29, 1.82) is 0 Å². The van der Waals surface area contributed by atoms with Crippen LogP contribution in [-0.4, -0.2) is 11.1 Å². The van der Waals surface area contributed by atoms with Gasteiger partial charge in [-0.3, -0.25) is 4.79 Å². The molecule has 1 fully saturated rings. The van der Waals surface area contributed by atoms with E-state index in [2.05, 4.69) is 28.1 Å². The highest BCUT2D eigenvalue weighted by molar-refractivity contribution is 9.10. The fraction of sp³-hybridized carbons (Fsp3) is 0.462. The topological polar surface area (TPSA) is 37.3 Å². The normalized spacial score (nSPS) is 17.8. The molecule has 0 atom stereocenters. The number of rotatable bonds is 4. The number of hydrogen-bond donors (Lipinski definition) is 1. The maximum absolute atomic E-state index is 11.2. The molecule has 0 radical (unpaired) electrons.